The van der Waals surface area contributed by atoms with Crippen LogP contribution in [0.4, 0.5) is 5.69 Å². The first kappa shape index (κ1) is 22.3. The van der Waals surface area contributed by atoms with Gasteiger partial charge in [-0.2, -0.15) is 10.4 Å². The number of hydrogen-bond donors (Lipinski definition) is 1. The lowest BCUT2D eigenvalue weighted by atomic mass is 10.1. The van der Waals surface area contributed by atoms with E-state index in [1.807, 2.05) is 61.0 Å². The number of rotatable bonds is 6. The molecule has 0 fully saturated rings. The first-order valence-corrected chi connectivity index (χ1v) is 11.1. The molecule has 0 spiro atoms. The summed E-state index contributed by atoms with van der Waals surface area (Å²) in [5.74, 6) is 0.415. The number of aromatic nitrogens is 2. The van der Waals surface area contributed by atoms with Gasteiger partial charge in [0.25, 0.3) is 5.91 Å². The summed E-state index contributed by atoms with van der Waals surface area (Å²) in [7, 11) is 0. The SMILES string of the molecule is Cc1nn(-c2ccc(NC(=O)c3ccc(OCc4ccccc4C#N)cc3)cc2)c(C)c1Br. The Morgan fingerprint density at radius 2 is 1.76 bits per heavy atom. The molecule has 4 rings (SSSR count). The van der Waals surface area contributed by atoms with Crippen LogP contribution in [0.15, 0.2) is 77.3 Å². The van der Waals surface area contributed by atoms with Gasteiger partial charge in [-0.15, -0.1) is 0 Å². The molecular formula is C26H21BrN4O2. The molecule has 1 N–H and O–H groups in total. The molecule has 0 atom stereocenters. The van der Waals surface area contributed by atoms with Crippen molar-refractivity contribution < 1.29 is 9.53 Å². The quantitative estimate of drug-likeness (QED) is 0.354. The molecule has 1 aromatic heterocycles. The summed E-state index contributed by atoms with van der Waals surface area (Å²) in [6.07, 6.45) is 0. The van der Waals surface area contributed by atoms with Gasteiger partial charge in [0.15, 0.2) is 0 Å². The number of benzene rings is 3. The van der Waals surface area contributed by atoms with Crippen molar-refractivity contribution >= 4 is 27.5 Å². The summed E-state index contributed by atoms with van der Waals surface area (Å²) in [5, 5.41) is 16.6. The van der Waals surface area contributed by atoms with E-state index < -0.39 is 0 Å². The average molecular weight is 501 g/mol. The number of nitriles is 1. The van der Waals surface area contributed by atoms with Gasteiger partial charge in [-0.25, -0.2) is 4.68 Å². The lowest BCUT2D eigenvalue weighted by Crippen LogP contribution is -2.12. The predicted molar refractivity (Wildman–Crippen MR) is 131 cm³/mol. The number of nitrogens with zero attached hydrogens (tertiary/aromatic N) is 3. The monoisotopic (exact) mass is 500 g/mol. The molecule has 0 saturated carbocycles. The molecular weight excluding hydrogens is 480 g/mol. The maximum atomic E-state index is 12.6. The molecule has 0 aliphatic rings. The minimum absolute atomic E-state index is 0.210. The Labute approximate surface area is 200 Å². The zero-order chi connectivity index (χ0) is 23.4. The second-order valence-corrected chi connectivity index (χ2v) is 8.27. The zero-order valence-corrected chi connectivity index (χ0v) is 19.8. The summed E-state index contributed by atoms with van der Waals surface area (Å²) in [4.78, 5) is 12.6. The fraction of sp³-hybridized carbons (Fsp3) is 0.115. The van der Waals surface area contributed by atoms with Gasteiger partial charge in [-0.3, -0.25) is 4.79 Å². The van der Waals surface area contributed by atoms with Crippen LogP contribution >= 0.6 is 15.9 Å². The van der Waals surface area contributed by atoms with Crippen LogP contribution in [0, 0.1) is 25.2 Å². The maximum Gasteiger partial charge on any atom is 0.255 e. The Morgan fingerprint density at radius 3 is 2.39 bits per heavy atom. The molecule has 7 heteroatoms. The van der Waals surface area contributed by atoms with Crippen molar-refractivity contribution in [1.82, 2.24) is 9.78 Å². The van der Waals surface area contributed by atoms with E-state index in [2.05, 4.69) is 32.4 Å². The van der Waals surface area contributed by atoms with Gasteiger partial charge in [-0.05, 0) is 84.4 Å². The molecule has 4 aromatic rings. The molecule has 3 aromatic carbocycles. The van der Waals surface area contributed by atoms with Crippen molar-refractivity contribution in [3.63, 3.8) is 0 Å². The third-order valence-electron chi connectivity index (χ3n) is 5.22. The van der Waals surface area contributed by atoms with E-state index in [1.54, 1.807) is 30.3 Å². The number of carbonyl (C=O) groups is 1. The highest BCUT2D eigenvalue weighted by atomic mass is 79.9. The molecule has 33 heavy (non-hydrogen) atoms. The Balaban J connectivity index is 1.38. The van der Waals surface area contributed by atoms with Crippen LogP contribution in [-0.4, -0.2) is 15.7 Å². The summed E-state index contributed by atoms with van der Waals surface area (Å²) < 4.78 is 8.62. The van der Waals surface area contributed by atoms with Gasteiger partial charge < -0.3 is 10.1 Å². The molecule has 164 valence electrons. The van der Waals surface area contributed by atoms with E-state index in [9.17, 15) is 10.1 Å². The van der Waals surface area contributed by atoms with Gasteiger partial charge >= 0.3 is 0 Å². The molecule has 6 nitrogen and oxygen atoms in total. The highest BCUT2D eigenvalue weighted by Crippen LogP contribution is 2.24. The molecule has 0 saturated heterocycles. The minimum Gasteiger partial charge on any atom is -0.489 e. The fourth-order valence-corrected chi connectivity index (χ4v) is 3.63. The predicted octanol–water partition coefficient (Wildman–Crippen LogP) is 5.95. The number of amides is 1. The number of nitrogens with one attached hydrogen (secondary N) is 1. The first-order chi connectivity index (χ1) is 16.0. The number of aryl methyl sites for hydroxylation is 1. The minimum atomic E-state index is -0.210. The number of ether oxygens (including phenoxy) is 1. The van der Waals surface area contributed by atoms with Crippen molar-refractivity contribution in [2.45, 2.75) is 20.5 Å². The number of hydrogen-bond acceptors (Lipinski definition) is 4. The molecule has 1 amide bonds. The van der Waals surface area contributed by atoms with E-state index in [1.165, 1.54) is 0 Å². The number of halogens is 1. The molecule has 0 radical (unpaired) electrons. The van der Waals surface area contributed by atoms with Crippen molar-refractivity contribution in [1.29, 1.82) is 5.26 Å². The molecule has 1 heterocycles. The molecule has 0 aliphatic heterocycles. The zero-order valence-electron chi connectivity index (χ0n) is 18.2. The number of anilines is 1. The van der Waals surface area contributed by atoms with E-state index in [-0.39, 0.29) is 12.5 Å². The van der Waals surface area contributed by atoms with E-state index >= 15 is 0 Å². The standard InChI is InChI=1S/C26H21BrN4O2/c1-17-25(27)18(2)31(30-17)23-11-9-22(10-12-23)29-26(32)19-7-13-24(14-8-19)33-16-21-6-4-3-5-20(21)15-28/h3-14H,16H2,1-2H3,(H,29,32). The molecule has 0 bridgehead atoms. The fourth-order valence-electron chi connectivity index (χ4n) is 3.38. The highest BCUT2D eigenvalue weighted by molar-refractivity contribution is 9.10. The van der Waals surface area contributed by atoms with E-state index in [0.717, 1.165) is 27.1 Å². The van der Waals surface area contributed by atoms with Gasteiger partial charge in [0.05, 0.1) is 33.2 Å². The number of carbonyl (C=O) groups excluding carboxylic acids is 1. The lowest BCUT2D eigenvalue weighted by Gasteiger charge is -2.10. The largest absolute Gasteiger partial charge is 0.489 e. The summed E-state index contributed by atoms with van der Waals surface area (Å²) >= 11 is 3.54. The molecule has 0 unspecified atom stereocenters. The van der Waals surface area contributed by atoms with Crippen LogP contribution in [-0.2, 0) is 6.61 Å². The summed E-state index contributed by atoms with van der Waals surface area (Å²) in [6.45, 7) is 4.23. The third-order valence-corrected chi connectivity index (χ3v) is 6.37. The van der Waals surface area contributed by atoms with Crippen molar-refractivity contribution in [2.24, 2.45) is 0 Å². The van der Waals surface area contributed by atoms with Crippen LogP contribution in [0.5, 0.6) is 5.75 Å². The molecule has 0 aliphatic carbocycles. The van der Waals surface area contributed by atoms with Crippen LogP contribution in [0.3, 0.4) is 0 Å². The smallest absolute Gasteiger partial charge is 0.255 e. The second-order valence-electron chi connectivity index (χ2n) is 7.48. The Hall–Kier alpha value is -3.89. The topological polar surface area (TPSA) is 79.9 Å². The van der Waals surface area contributed by atoms with Crippen LogP contribution in [0.25, 0.3) is 5.69 Å². The first-order valence-electron chi connectivity index (χ1n) is 10.3. The van der Waals surface area contributed by atoms with Gasteiger partial charge in [0.2, 0.25) is 0 Å². The van der Waals surface area contributed by atoms with Gasteiger partial charge in [0, 0.05) is 16.8 Å². The normalized spacial score (nSPS) is 10.5. The van der Waals surface area contributed by atoms with E-state index in [4.69, 9.17) is 4.74 Å². The Bertz CT molecular complexity index is 1340. The van der Waals surface area contributed by atoms with E-state index in [0.29, 0.717) is 22.6 Å². The second kappa shape index (κ2) is 9.72. The van der Waals surface area contributed by atoms with Crippen molar-refractivity contribution in [3.05, 3.63) is 105 Å². The highest BCUT2D eigenvalue weighted by Gasteiger charge is 2.11. The van der Waals surface area contributed by atoms with Gasteiger partial charge in [0.1, 0.15) is 12.4 Å². The van der Waals surface area contributed by atoms with Crippen LogP contribution < -0.4 is 10.1 Å². The Morgan fingerprint density at radius 1 is 1.06 bits per heavy atom. The lowest BCUT2D eigenvalue weighted by molar-refractivity contribution is 0.102. The van der Waals surface area contributed by atoms with Crippen LogP contribution in [0.1, 0.15) is 32.9 Å². The van der Waals surface area contributed by atoms with Crippen LogP contribution in [0.2, 0.25) is 0 Å². The third kappa shape index (κ3) is 4.97. The van der Waals surface area contributed by atoms with Crippen molar-refractivity contribution in [3.8, 4) is 17.5 Å². The Kier molecular flexibility index (Phi) is 6.57. The van der Waals surface area contributed by atoms with Gasteiger partial charge in [-0.1, -0.05) is 18.2 Å². The summed E-state index contributed by atoms with van der Waals surface area (Å²) in [6, 6.07) is 23.9. The summed E-state index contributed by atoms with van der Waals surface area (Å²) in [5.41, 5.74) is 5.47. The maximum absolute atomic E-state index is 12.6. The van der Waals surface area contributed by atoms with Crippen molar-refractivity contribution in [2.75, 3.05) is 5.32 Å². The average Bonchev–Trinajstić information content (AvgIpc) is 3.11.